The van der Waals surface area contributed by atoms with E-state index in [2.05, 4.69) is 67.9 Å². The van der Waals surface area contributed by atoms with Gasteiger partial charge in [-0.05, 0) is 99.9 Å². The van der Waals surface area contributed by atoms with Gasteiger partial charge in [0.15, 0.2) is 8.32 Å². The molecule has 0 N–H and O–H groups in total. The number of hydrogen-bond donors (Lipinski definition) is 0. The minimum absolute atomic E-state index is 0.00596. The molecule has 0 amide bonds. The van der Waals surface area contributed by atoms with E-state index in [4.69, 9.17) is 4.43 Å². The zero-order valence-corrected chi connectivity index (χ0v) is 26.6. The van der Waals surface area contributed by atoms with Crippen LogP contribution in [0, 0.1) is 40.6 Å². The Morgan fingerprint density at radius 2 is 1.74 bits per heavy atom. The average molecular weight is 589 g/mol. The Morgan fingerprint density at radius 3 is 2.32 bits per heavy atom. The van der Waals surface area contributed by atoms with Crippen molar-refractivity contribution in [1.82, 2.24) is 0 Å². The van der Waals surface area contributed by atoms with Crippen molar-refractivity contribution >= 4 is 26.5 Å². The second-order valence-corrected chi connectivity index (χ2v) is 24.5. The van der Waals surface area contributed by atoms with Crippen LogP contribution in [0.15, 0.2) is 23.5 Å². The van der Waals surface area contributed by atoms with Crippen LogP contribution in [0.5, 0.6) is 0 Å². The number of fused-ring (bicyclic) bond motifs is 5. The third kappa shape index (κ3) is 5.46. The molecule has 214 valence electrons. The van der Waals surface area contributed by atoms with E-state index >= 15 is 0 Å². The highest BCUT2D eigenvalue weighted by atomic mass is 32.2. The molecule has 0 aromatic rings. The highest BCUT2D eigenvalue weighted by Crippen LogP contribution is 2.67. The molecule has 0 bridgehead atoms. The summed E-state index contributed by atoms with van der Waals surface area (Å²) in [6, 6.07) is 0. The van der Waals surface area contributed by atoms with Crippen LogP contribution in [0.4, 0.5) is 13.2 Å². The Bertz CT molecular complexity index is 1170. The van der Waals surface area contributed by atoms with Crippen molar-refractivity contribution in [2.45, 2.75) is 109 Å². The fraction of sp³-hybridized carbons (Fsp3) is 0.786. The fourth-order valence-electron chi connectivity index (χ4n) is 7.90. The lowest BCUT2D eigenvalue weighted by Crippen LogP contribution is -2.57. The Balaban J connectivity index is 1.66. The first-order valence-electron chi connectivity index (χ1n) is 14.0. The summed E-state index contributed by atoms with van der Waals surface area (Å²) in [5.41, 5.74) is -1.19. The topological polar surface area (TPSA) is 52.6 Å². The van der Waals surface area contributed by atoms with Crippen LogP contribution in [-0.2, 0) is 18.7 Å². The third-order valence-corrected chi connectivity index (χ3v) is 12.0. The van der Waals surface area contributed by atoms with Gasteiger partial charge in [-0.15, -0.1) is 5.54 Å². The zero-order valence-electron chi connectivity index (χ0n) is 23.8. The summed E-state index contributed by atoms with van der Waals surface area (Å²) in [5, 5.41) is 0. The molecule has 0 saturated heterocycles. The molecule has 4 aliphatic rings. The Kier molecular flexibility index (Phi) is 7.73. The van der Waals surface area contributed by atoms with Gasteiger partial charge < -0.3 is 8.61 Å². The van der Waals surface area contributed by atoms with E-state index in [1.54, 1.807) is 6.08 Å². The van der Waals surface area contributed by atoms with Crippen LogP contribution in [0.1, 0.15) is 58.3 Å². The second-order valence-electron chi connectivity index (χ2n) is 13.7. The average Bonchev–Trinajstić information content (AvgIpc) is 3.09. The Morgan fingerprint density at radius 1 is 1.05 bits per heavy atom. The molecule has 0 aromatic heterocycles. The van der Waals surface area contributed by atoms with Gasteiger partial charge in [-0.2, -0.15) is 21.6 Å². The van der Waals surface area contributed by atoms with Crippen molar-refractivity contribution in [3.63, 3.8) is 0 Å². The van der Waals surface area contributed by atoms with Gasteiger partial charge in [0, 0.05) is 11.8 Å². The maximum atomic E-state index is 12.9. The highest BCUT2D eigenvalue weighted by molar-refractivity contribution is 7.87. The zero-order chi connectivity index (χ0) is 28.4. The molecule has 0 spiro atoms. The summed E-state index contributed by atoms with van der Waals surface area (Å²) in [6.45, 7) is 15.9. The number of halogens is 3. The van der Waals surface area contributed by atoms with Gasteiger partial charge in [0.05, 0.1) is 0 Å². The summed E-state index contributed by atoms with van der Waals surface area (Å²) < 4.78 is 73.3. The van der Waals surface area contributed by atoms with Crippen LogP contribution in [0.2, 0.25) is 39.3 Å². The molecule has 0 heterocycles. The maximum absolute atomic E-state index is 12.9. The highest BCUT2D eigenvalue weighted by Gasteiger charge is 2.65. The predicted molar refractivity (Wildman–Crippen MR) is 150 cm³/mol. The first-order chi connectivity index (χ1) is 17.3. The molecule has 0 aromatic carbocycles. The molecule has 0 aliphatic heterocycles. The second kappa shape index (κ2) is 9.81. The van der Waals surface area contributed by atoms with Crippen molar-refractivity contribution in [2.75, 3.05) is 0 Å². The normalized spacial score (nSPS) is 35.6. The van der Waals surface area contributed by atoms with Gasteiger partial charge in [-0.3, -0.25) is 0 Å². The van der Waals surface area contributed by atoms with E-state index in [9.17, 15) is 21.6 Å². The monoisotopic (exact) mass is 588 g/mol. The molecule has 10 heteroatoms. The van der Waals surface area contributed by atoms with Crippen LogP contribution >= 0.6 is 0 Å². The van der Waals surface area contributed by atoms with Crippen molar-refractivity contribution in [1.29, 1.82) is 0 Å². The molecule has 38 heavy (non-hydrogen) atoms. The van der Waals surface area contributed by atoms with Gasteiger partial charge in [0.1, 0.15) is 19.4 Å². The minimum Gasteiger partial charge on any atom is -0.401 e. The molecule has 2 saturated carbocycles. The molecule has 4 nitrogen and oxygen atoms in total. The molecular weight excluding hydrogens is 546 g/mol. The number of rotatable bonds is 5. The van der Waals surface area contributed by atoms with Crippen LogP contribution in [-0.4, -0.2) is 35.9 Å². The van der Waals surface area contributed by atoms with E-state index in [0.717, 1.165) is 44.1 Å². The largest absolute Gasteiger partial charge is 0.534 e. The summed E-state index contributed by atoms with van der Waals surface area (Å²) in [4.78, 5) is 0. The fourth-order valence-corrected chi connectivity index (χ4v) is 10.4. The summed E-state index contributed by atoms with van der Waals surface area (Å²) >= 11 is 0. The molecule has 2 fully saturated rings. The van der Waals surface area contributed by atoms with E-state index < -0.39 is 37.6 Å². The summed E-state index contributed by atoms with van der Waals surface area (Å²) in [5.74, 6) is 5.33. The van der Waals surface area contributed by atoms with Crippen LogP contribution < -0.4 is 0 Å². The molecular formula is C28H43F3O4SSi2. The third-order valence-electron chi connectivity index (χ3n) is 9.16. The summed E-state index contributed by atoms with van der Waals surface area (Å²) in [7, 11) is -9.14. The van der Waals surface area contributed by atoms with Crippen molar-refractivity contribution < 1.29 is 30.2 Å². The first-order valence-corrected chi connectivity index (χ1v) is 22.3. The van der Waals surface area contributed by atoms with Crippen molar-refractivity contribution in [3.05, 3.63) is 23.5 Å². The van der Waals surface area contributed by atoms with Gasteiger partial charge in [0.25, 0.3) is 0 Å². The Labute approximate surface area is 229 Å². The van der Waals surface area contributed by atoms with Gasteiger partial charge in [-0.1, -0.05) is 38.6 Å². The number of allylic oxidation sites excluding steroid dienone is 4. The Hall–Kier alpha value is -1.03. The maximum Gasteiger partial charge on any atom is 0.534 e. The predicted octanol–water partition coefficient (Wildman–Crippen LogP) is 7.78. The van der Waals surface area contributed by atoms with Gasteiger partial charge >= 0.3 is 15.6 Å². The smallest absolute Gasteiger partial charge is 0.401 e. The standard InChI is InChI=1S/C28H43F3O4SSi2/c1-8-26-15-13-23-22-12-10-21(34-36(32,33)28(29,30)31)19-20(22)9-11-24(23)25(26)14-16-27(26,35-38(5,6)7)17-18-37(2,3)4/h9,19,22-25H,8,10-16H2,1-7H3/t22-,23-,24+,25+,26-,27+/m0/s1. The number of hydrogen-bond acceptors (Lipinski definition) is 4. The van der Waals surface area contributed by atoms with E-state index in [1.165, 1.54) is 0 Å². The molecule has 0 unspecified atom stereocenters. The number of alkyl halides is 3. The summed E-state index contributed by atoms with van der Waals surface area (Å²) in [6.07, 6.45) is 10.5. The quantitative estimate of drug-likeness (QED) is 0.142. The lowest BCUT2D eigenvalue weighted by atomic mass is 9.50. The molecule has 4 rings (SSSR count). The molecule has 6 atom stereocenters. The lowest BCUT2D eigenvalue weighted by molar-refractivity contribution is -0.0857. The SMILES string of the molecule is CC[C@]12CC[C@@H]3[C@@H](CC=C4C=C(OS(=O)(=O)C(F)(F)F)CC[C@@H]43)[C@H]1CC[C@]2(C#C[Si](C)(C)C)O[Si](C)(C)C. The van der Waals surface area contributed by atoms with Crippen LogP contribution in [0.25, 0.3) is 0 Å². The lowest BCUT2D eigenvalue weighted by Gasteiger charge is -2.57. The van der Waals surface area contributed by atoms with Crippen LogP contribution in [0.3, 0.4) is 0 Å². The van der Waals surface area contributed by atoms with E-state index in [1.807, 2.05) is 0 Å². The minimum atomic E-state index is -5.64. The first kappa shape index (κ1) is 29.9. The molecule has 0 radical (unpaired) electrons. The van der Waals surface area contributed by atoms with E-state index in [-0.39, 0.29) is 23.5 Å². The molecule has 4 aliphatic carbocycles. The van der Waals surface area contributed by atoms with Crippen molar-refractivity contribution in [2.24, 2.45) is 29.1 Å². The van der Waals surface area contributed by atoms with Gasteiger partial charge in [-0.25, -0.2) is 0 Å². The van der Waals surface area contributed by atoms with Gasteiger partial charge in [0.2, 0.25) is 0 Å². The van der Waals surface area contributed by atoms with Crippen molar-refractivity contribution in [3.8, 4) is 11.5 Å². The van der Waals surface area contributed by atoms with E-state index in [0.29, 0.717) is 24.2 Å².